The minimum atomic E-state index is 0.255. The molecule has 5 heteroatoms. The van der Waals surface area contributed by atoms with Crippen LogP contribution in [-0.4, -0.2) is 39.7 Å². The first-order valence-electron chi connectivity index (χ1n) is 10.2. The number of hydrogen-bond acceptors (Lipinski definition) is 3. The molecule has 0 amide bonds. The summed E-state index contributed by atoms with van der Waals surface area (Å²) in [6.45, 7) is 12.4. The minimum Gasteiger partial charge on any atom is -0.373 e. The average molecular weight is 390 g/mol. The van der Waals surface area contributed by atoms with E-state index in [1.807, 2.05) is 0 Å². The van der Waals surface area contributed by atoms with Gasteiger partial charge in [0.05, 0.1) is 17.9 Å². The highest BCUT2D eigenvalue weighted by Gasteiger charge is 2.27. The summed E-state index contributed by atoms with van der Waals surface area (Å²) in [5.74, 6) is 0.995. The molecule has 4 nitrogen and oxygen atoms in total. The molecule has 0 radical (unpaired) electrons. The van der Waals surface area contributed by atoms with Crippen molar-refractivity contribution in [1.29, 1.82) is 0 Å². The summed E-state index contributed by atoms with van der Waals surface area (Å²) in [6, 6.07) is 8.42. The number of halogens is 1. The van der Waals surface area contributed by atoms with Gasteiger partial charge < -0.3 is 9.30 Å². The molecule has 1 fully saturated rings. The van der Waals surface area contributed by atoms with Gasteiger partial charge in [-0.3, -0.25) is 4.90 Å². The Bertz CT molecular complexity index is 758. The Labute approximate surface area is 168 Å². The summed E-state index contributed by atoms with van der Waals surface area (Å²) in [7, 11) is 0. The normalized spacial score (nSPS) is 20.9. The predicted molar refractivity (Wildman–Crippen MR) is 112 cm³/mol. The van der Waals surface area contributed by atoms with Crippen LogP contribution in [0.3, 0.4) is 0 Å². The molecular formula is C22H32ClN3O. The Balaban J connectivity index is 1.93. The molecule has 0 bridgehead atoms. The highest BCUT2D eigenvalue weighted by atomic mass is 35.5. The third-order valence-corrected chi connectivity index (χ3v) is 5.68. The van der Waals surface area contributed by atoms with Gasteiger partial charge in [-0.1, -0.05) is 56.1 Å². The Morgan fingerprint density at radius 1 is 1.22 bits per heavy atom. The molecule has 2 heterocycles. The molecule has 148 valence electrons. The number of aromatic nitrogens is 2. The number of morpholine rings is 1. The van der Waals surface area contributed by atoms with E-state index >= 15 is 0 Å². The highest BCUT2D eigenvalue weighted by molar-refractivity contribution is 6.30. The van der Waals surface area contributed by atoms with E-state index in [1.165, 1.54) is 11.1 Å². The molecule has 0 spiro atoms. The molecule has 1 saturated heterocycles. The van der Waals surface area contributed by atoms with Gasteiger partial charge in [0.2, 0.25) is 0 Å². The molecule has 3 rings (SSSR count). The van der Waals surface area contributed by atoms with Gasteiger partial charge in [-0.25, -0.2) is 4.98 Å². The molecular weight excluding hydrogens is 358 g/mol. The maximum Gasteiger partial charge on any atom is 0.152 e. The summed E-state index contributed by atoms with van der Waals surface area (Å²) in [4.78, 5) is 7.26. The highest BCUT2D eigenvalue weighted by Crippen LogP contribution is 2.30. The molecule has 0 saturated carbocycles. The van der Waals surface area contributed by atoms with Crippen LogP contribution in [0.1, 0.15) is 51.3 Å². The number of benzene rings is 1. The lowest BCUT2D eigenvalue weighted by molar-refractivity contribution is -0.0805. The van der Waals surface area contributed by atoms with Gasteiger partial charge in [-0.2, -0.15) is 0 Å². The van der Waals surface area contributed by atoms with E-state index in [4.69, 9.17) is 21.3 Å². The predicted octanol–water partition coefficient (Wildman–Crippen LogP) is 5.31. The summed E-state index contributed by atoms with van der Waals surface area (Å²) in [6.07, 6.45) is 3.86. The van der Waals surface area contributed by atoms with E-state index in [0.717, 1.165) is 57.0 Å². The third-order valence-electron chi connectivity index (χ3n) is 5.38. The van der Waals surface area contributed by atoms with Crippen molar-refractivity contribution < 1.29 is 4.74 Å². The van der Waals surface area contributed by atoms with Crippen LogP contribution < -0.4 is 0 Å². The van der Waals surface area contributed by atoms with Crippen LogP contribution >= 0.6 is 11.6 Å². The van der Waals surface area contributed by atoms with Crippen LogP contribution in [0.2, 0.25) is 5.15 Å². The Hall–Kier alpha value is -1.36. The fraction of sp³-hybridized carbons (Fsp3) is 0.591. The van der Waals surface area contributed by atoms with Crippen molar-refractivity contribution in [2.24, 2.45) is 0 Å². The Kier molecular flexibility index (Phi) is 6.96. The van der Waals surface area contributed by atoms with E-state index in [-0.39, 0.29) is 6.10 Å². The van der Waals surface area contributed by atoms with Gasteiger partial charge in [0, 0.05) is 31.7 Å². The van der Waals surface area contributed by atoms with E-state index in [0.29, 0.717) is 11.3 Å². The van der Waals surface area contributed by atoms with Crippen LogP contribution in [0.4, 0.5) is 0 Å². The molecule has 1 unspecified atom stereocenters. The minimum absolute atomic E-state index is 0.255. The summed E-state index contributed by atoms with van der Waals surface area (Å²) < 4.78 is 8.36. The molecule has 1 aromatic heterocycles. The van der Waals surface area contributed by atoms with Crippen LogP contribution in [-0.2, 0) is 17.8 Å². The second-order valence-electron chi connectivity index (χ2n) is 7.66. The van der Waals surface area contributed by atoms with Gasteiger partial charge in [0.15, 0.2) is 5.15 Å². The largest absolute Gasteiger partial charge is 0.373 e. The zero-order valence-corrected chi connectivity index (χ0v) is 17.8. The maximum absolute atomic E-state index is 6.67. The van der Waals surface area contributed by atoms with E-state index in [1.54, 1.807) is 0 Å². The first-order valence-corrected chi connectivity index (χ1v) is 10.6. The Morgan fingerprint density at radius 3 is 2.70 bits per heavy atom. The van der Waals surface area contributed by atoms with Crippen LogP contribution in [0.25, 0.3) is 11.4 Å². The number of rotatable bonds is 7. The molecule has 2 aromatic rings. The van der Waals surface area contributed by atoms with Crippen molar-refractivity contribution >= 4 is 11.6 Å². The number of ether oxygens (including phenoxy) is 1. The second kappa shape index (κ2) is 9.22. The van der Waals surface area contributed by atoms with Crippen molar-refractivity contribution in [1.82, 2.24) is 14.5 Å². The van der Waals surface area contributed by atoms with Crippen molar-refractivity contribution in [3.63, 3.8) is 0 Å². The molecule has 27 heavy (non-hydrogen) atoms. The quantitative estimate of drug-likeness (QED) is 0.642. The van der Waals surface area contributed by atoms with Crippen molar-refractivity contribution in [2.45, 2.75) is 72.3 Å². The lowest BCUT2D eigenvalue weighted by Crippen LogP contribution is -2.46. The summed E-state index contributed by atoms with van der Waals surface area (Å²) in [5, 5.41) is 0.636. The van der Waals surface area contributed by atoms with Crippen LogP contribution in [0, 0.1) is 6.92 Å². The van der Waals surface area contributed by atoms with Gasteiger partial charge in [0.1, 0.15) is 5.82 Å². The van der Waals surface area contributed by atoms with Gasteiger partial charge >= 0.3 is 0 Å². The lowest BCUT2D eigenvalue weighted by atomic mass is 10.1. The molecule has 1 aliphatic rings. The first-order chi connectivity index (χ1) is 13.0. The number of aryl methyl sites for hydroxylation is 1. The SMILES string of the molecule is CCCCn1c(-c2ccccc2C)nc(Cl)c1CN1CC(CC)O[C@H](C)C1. The lowest BCUT2D eigenvalue weighted by Gasteiger charge is -2.36. The first kappa shape index (κ1) is 20.4. The van der Waals surface area contributed by atoms with Crippen molar-refractivity contribution in [3.05, 3.63) is 40.7 Å². The molecule has 2 atom stereocenters. The fourth-order valence-corrected chi connectivity index (χ4v) is 4.14. The third kappa shape index (κ3) is 4.74. The van der Waals surface area contributed by atoms with Crippen LogP contribution in [0.15, 0.2) is 24.3 Å². The average Bonchev–Trinajstić information content (AvgIpc) is 2.95. The smallest absolute Gasteiger partial charge is 0.152 e. The van der Waals surface area contributed by atoms with Crippen molar-refractivity contribution in [3.8, 4) is 11.4 Å². The Morgan fingerprint density at radius 2 is 2.00 bits per heavy atom. The van der Waals surface area contributed by atoms with Crippen LogP contribution in [0.5, 0.6) is 0 Å². The summed E-state index contributed by atoms with van der Waals surface area (Å²) >= 11 is 6.67. The number of imidazole rings is 1. The molecule has 0 N–H and O–H groups in total. The number of hydrogen-bond donors (Lipinski definition) is 0. The number of nitrogens with zero attached hydrogens (tertiary/aromatic N) is 3. The monoisotopic (exact) mass is 389 g/mol. The van der Waals surface area contributed by atoms with E-state index in [2.05, 4.69) is 61.4 Å². The van der Waals surface area contributed by atoms with Gasteiger partial charge in [-0.05, 0) is 32.3 Å². The van der Waals surface area contributed by atoms with Gasteiger partial charge in [0.25, 0.3) is 0 Å². The maximum atomic E-state index is 6.67. The molecule has 1 aliphatic heterocycles. The molecule has 0 aliphatic carbocycles. The zero-order valence-electron chi connectivity index (χ0n) is 17.0. The zero-order chi connectivity index (χ0) is 19.4. The van der Waals surface area contributed by atoms with Crippen molar-refractivity contribution in [2.75, 3.05) is 13.1 Å². The fourth-order valence-electron chi connectivity index (χ4n) is 3.90. The van der Waals surface area contributed by atoms with E-state index in [9.17, 15) is 0 Å². The number of unbranched alkanes of at least 4 members (excludes halogenated alkanes) is 1. The van der Waals surface area contributed by atoms with Gasteiger partial charge in [-0.15, -0.1) is 0 Å². The van der Waals surface area contributed by atoms with E-state index < -0.39 is 0 Å². The topological polar surface area (TPSA) is 30.3 Å². The summed E-state index contributed by atoms with van der Waals surface area (Å²) in [5.41, 5.74) is 3.53. The standard InChI is InChI=1S/C22H32ClN3O/c1-5-7-12-26-20(15-25-13-17(4)27-18(6-2)14-25)21(23)24-22(26)19-11-9-8-10-16(19)3/h8-11,17-18H,5-7,12-15H2,1-4H3/t17-,18?/m1/s1. The molecule has 1 aromatic carbocycles. The second-order valence-corrected chi connectivity index (χ2v) is 8.02.